The predicted molar refractivity (Wildman–Crippen MR) is 72.6 cm³/mol. The lowest BCUT2D eigenvalue weighted by atomic mass is 9.99. The van der Waals surface area contributed by atoms with Crippen LogP contribution in [-0.2, 0) is 4.79 Å². The van der Waals surface area contributed by atoms with Crippen LogP contribution in [0.2, 0.25) is 5.02 Å². The highest BCUT2D eigenvalue weighted by Gasteiger charge is 2.12. The standard InChI is InChI=1S/C14H14ClNO2/c1-9(16-14(18)8-17)10-6-7-13(15)12-5-3-2-4-11(10)12/h2-7,9,17H,8H2,1H3,(H,16,18)/t9-/m1/s1. The number of hydrogen-bond donors (Lipinski definition) is 2. The average molecular weight is 264 g/mol. The zero-order valence-electron chi connectivity index (χ0n) is 9.98. The zero-order chi connectivity index (χ0) is 13.1. The van der Waals surface area contributed by atoms with Crippen molar-refractivity contribution >= 4 is 28.3 Å². The number of nitrogens with one attached hydrogen (secondary N) is 1. The molecule has 1 atom stereocenters. The Morgan fingerprint density at radius 1 is 1.28 bits per heavy atom. The molecule has 4 heteroatoms. The lowest BCUT2D eigenvalue weighted by Crippen LogP contribution is -2.29. The molecule has 0 heterocycles. The summed E-state index contributed by atoms with van der Waals surface area (Å²) in [4.78, 5) is 11.2. The maximum atomic E-state index is 11.2. The van der Waals surface area contributed by atoms with Gasteiger partial charge in [-0.25, -0.2) is 0 Å². The van der Waals surface area contributed by atoms with Crippen molar-refractivity contribution < 1.29 is 9.90 Å². The van der Waals surface area contributed by atoms with E-state index in [0.717, 1.165) is 16.3 Å². The van der Waals surface area contributed by atoms with E-state index < -0.39 is 6.61 Å². The largest absolute Gasteiger partial charge is 0.387 e. The lowest BCUT2D eigenvalue weighted by molar-refractivity contribution is -0.124. The number of aliphatic hydroxyl groups excluding tert-OH is 1. The molecule has 0 aliphatic carbocycles. The van der Waals surface area contributed by atoms with Gasteiger partial charge in [-0.3, -0.25) is 4.79 Å². The number of amides is 1. The topological polar surface area (TPSA) is 49.3 Å². The Bertz CT molecular complexity index is 583. The van der Waals surface area contributed by atoms with Crippen LogP contribution in [0.15, 0.2) is 36.4 Å². The van der Waals surface area contributed by atoms with Crippen molar-refractivity contribution in [2.45, 2.75) is 13.0 Å². The Kier molecular flexibility index (Phi) is 3.84. The quantitative estimate of drug-likeness (QED) is 0.894. The van der Waals surface area contributed by atoms with Gasteiger partial charge in [0, 0.05) is 10.4 Å². The maximum Gasteiger partial charge on any atom is 0.246 e. The first-order valence-corrected chi connectivity index (χ1v) is 6.08. The first-order valence-electron chi connectivity index (χ1n) is 5.71. The molecule has 0 unspecified atom stereocenters. The Labute approximate surface area is 110 Å². The molecule has 0 aliphatic rings. The molecule has 2 N–H and O–H groups in total. The van der Waals surface area contributed by atoms with Crippen LogP contribution >= 0.6 is 11.6 Å². The fraction of sp³-hybridized carbons (Fsp3) is 0.214. The lowest BCUT2D eigenvalue weighted by Gasteiger charge is -2.16. The normalized spacial score (nSPS) is 12.4. The zero-order valence-corrected chi connectivity index (χ0v) is 10.7. The van der Waals surface area contributed by atoms with Crippen molar-refractivity contribution in [2.75, 3.05) is 6.61 Å². The predicted octanol–water partition coefficient (Wildman–Crippen LogP) is 2.66. The van der Waals surface area contributed by atoms with Gasteiger partial charge in [0.1, 0.15) is 6.61 Å². The minimum atomic E-state index is -0.504. The van der Waals surface area contributed by atoms with Gasteiger partial charge in [-0.1, -0.05) is 41.9 Å². The molecular weight excluding hydrogens is 250 g/mol. The van der Waals surface area contributed by atoms with Gasteiger partial charge in [-0.15, -0.1) is 0 Å². The fourth-order valence-electron chi connectivity index (χ4n) is 2.03. The average Bonchev–Trinajstić information content (AvgIpc) is 2.39. The summed E-state index contributed by atoms with van der Waals surface area (Å²) in [5.41, 5.74) is 0.983. The molecule has 0 bridgehead atoms. The number of halogens is 1. The highest BCUT2D eigenvalue weighted by atomic mass is 35.5. The summed E-state index contributed by atoms with van der Waals surface area (Å²) in [6.07, 6.45) is 0. The summed E-state index contributed by atoms with van der Waals surface area (Å²) >= 11 is 6.14. The molecule has 2 aromatic rings. The first kappa shape index (κ1) is 12.9. The van der Waals surface area contributed by atoms with E-state index in [1.54, 1.807) is 0 Å². The van der Waals surface area contributed by atoms with E-state index >= 15 is 0 Å². The molecule has 0 fully saturated rings. The van der Waals surface area contributed by atoms with Crippen molar-refractivity contribution in [3.8, 4) is 0 Å². The summed E-state index contributed by atoms with van der Waals surface area (Å²) in [5, 5.41) is 14.1. The molecular formula is C14H14ClNO2. The molecule has 18 heavy (non-hydrogen) atoms. The van der Waals surface area contributed by atoms with Gasteiger partial charge < -0.3 is 10.4 Å². The molecule has 0 spiro atoms. The molecule has 1 amide bonds. The Balaban J connectivity index is 2.45. The van der Waals surface area contributed by atoms with E-state index in [-0.39, 0.29) is 11.9 Å². The summed E-state index contributed by atoms with van der Waals surface area (Å²) in [6, 6.07) is 11.3. The summed E-state index contributed by atoms with van der Waals surface area (Å²) in [7, 11) is 0. The molecule has 3 nitrogen and oxygen atoms in total. The highest BCUT2D eigenvalue weighted by Crippen LogP contribution is 2.29. The van der Waals surface area contributed by atoms with Crippen LogP contribution in [0.25, 0.3) is 10.8 Å². The number of carbonyl (C=O) groups excluding carboxylic acids is 1. The van der Waals surface area contributed by atoms with E-state index in [9.17, 15) is 4.79 Å². The van der Waals surface area contributed by atoms with Gasteiger partial charge in [-0.05, 0) is 23.9 Å². The Morgan fingerprint density at radius 2 is 1.94 bits per heavy atom. The van der Waals surface area contributed by atoms with E-state index in [1.807, 2.05) is 43.3 Å². The molecule has 0 saturated carbocycles. The summed E-state index contributed by atoms with van der Waals surface area (Å²) in [5.74, 6) is -0.387. The van der Waals surface area contributed by atoms with Crippen LogP contribution in [0, 0.1) is 0 Å². The Hall–Kier alpha value is -1.58. The Morgan fingerprint density at radius 3 is 2.61 bits per heavy atom. The first-order chi connectivity index (χ1) is 8.63. The van der Waals surface area contributed by atoms with E-state index in [0.29, 0.717) is 5.02 Å². The molecule has 0 aromatic heterocycles. The van der Waals surface area contributed by atoms with E-state index in [2.05, 4.69) is 5.32 Å². The fourth-order valence-corrected chi connectivity index (χ4v) is 2.26. The van der Waals surface area contributed by atoms with Crippen molar-refractivity contribution in [2.24, 2.45) is 0 Å². The SMILES string of the molecule is C[C@@H](NC(=O)CO)c1ccc(Cl)c2ccccc12. The molecule has 2 rings (SSSR count). The van der Waals surface area contributed by atoms with Gasteiger partial charge in [0.2, 0.25) is 5.91 Å². The van der Waals surface area contributed by atoms with Crippen molar-refractivity contribution in [3.05, 3.63) is 47.0 Å². The number of aliphatic hydroxyl groups is 1. The third kappa shape index (κ3) is 2.47. The van der Waals surface area contributed by atoms with Gasteiger partial charge in [0.15, 0.2) is 0 Å². The van der Waals surface area contributed by atoms with Gasteiger partial charge >= 0.3 is 0 Å². The maximum absolute atomic E-state index is 11.2. The molecule has 0 aliphatic heterocycles. The van der Waals surface area contributed by atoms with Gasteiger partial charge in [0.05, 0.1) is 6.04 Å². The number of hydrogen-bond acceptors (Lipinski definition) is 2. The van der Waals surface area contributed by atoms with Crippen molar-refractivity contribution in [1.82, 2.24) is 5.32 Å². The van der Waals surface area contributed by atoms with Crippen molar-refractivity contribution in [3.63, 3.8) is 0 Å². The number of benzene rings is 2. The molecule has 2 aromatic carbocycles. The summed E-state index contributed by atoms with van der Waals surface area (Å²) in [6.45, 7) is 1.37. The molecule has 94 valence electrons. The van der Waals surface area contributed by atoms with Crippen LogP contribution in [0.5, 0.6) is 0 Å². The van der Waals surface area contributed by atoms with Crippen LogP contribution in [-0.4, -0.2) is 17.6 Å². The molecule has 0 radical (unpaired) electrons. The van der Waals surface area contributed by atoms with E-state index in [1.165, 1.54) is 0 Å². The minimum Gasteiger partial charge on any atom is -0.387 e. The highest BCUT2D eigenvalue weighted by molar-refractivity contribution is 6.35. The van der Waals surface area contributed by atoms with Gasteiger partial charge in [-0.2, -0.15) is 0 Å². The summed E-state index contributed by atoms with van der Waals surface area (Å²) < 4.78 is 0. The second-order valence-corrected chi connectivity index (χ2v) is 4.54. The number of rotatable bonds is 3. The van der Waals surface area contributed by atoms with Crippen molar-refractivity contribution in [1.29, 1.82) is 0 Å². The third-order valence-electron chi connectivity index (χ3n) is 2.89. The van der Waals surface area contributed by atoms with E-state index in [4.69, 9.17) is 16.7 Å². The second-order valence-electron chi connectivity index (χ2n) is 4.13. The van der Waals surface area contributed by atoms with Gasteiger partial charge in [0.25, 0.3) is 0 Å². The van der Waals surface area contributed by atoms with Crippen LogP contribution in [0.3, 0.4) is 0 Å². The van der Waals surface area contributed by atoms with Crippen LogP contribution < -0.4 is 5.32 Å². The monoisotopic (exact) mass is 263 g/mol. The molecule has 0 saturated heterocycles. The number of fused-ring (bicyclic) bond motifs is 1. The number of carbonyl (C=O) groups is 1. The second kappa shape index (κ2) is 5.38. The van der Waals surface area contributed by atoms with Crippen LogP contribution in [0.1, 0.15) is 18.5 Å². The minimum absolute atomic E-state index is 0.174. The third-order valence-corrected chi connectivity index (χ3v) is 3.22. The van der Waals surface area contributed by atoms with Crippen LogP contribution in [0.4, 0.5) is 0 Å². The smallest absolute Gasteiger partial charge is 0.246 e.